The summed E-state index contributed by atoms with van der Waals surface area (Å²) in [5.41, 5.74) is -0.918. The first-order chi connectivity index (χ1) is 12.5. The fourth-order valence-electron chi connectivity index (χ4n) is 3.32. The number of carboxylic acid groups (broad SMARTS) is 1. The van der Waals surface area contributed by atoms with Crippen LogP contribution in [0.2, 0.25) is 0 Å². The predicted molar refractivity (Wildman–Crippen MR) is 140 cm³/mol. The number of hydrogen-bond donors (Lipinski definition) is 3. The first-order valence-corrected chi connectivity index (χ1v) is 9.97. The zero-order valence-corrected chi connectivity index (χ0v) is 24.0. The number of nitrogens with one attached hydrogen (secondary N) is 1. The van der Waals surface area contributed by atoms with Gasteiger partial charge in [-0.15, -0.1) is 0 Å². The maximum absolute atomic E-state index is 12.7. The van der Waals surface area contributed by atoms with Crippen molar-refractivity contribution >= 4 is 11.9 Å². The van der Waals surface area contributed by atoms with Crippen LogP contribution in [0.15, 0.2) is 0 Å². The molecule has 3 atom stereocenters. The third kappa shape index (κ3) is 22.3. The molecule has 0 aliphatic rings. The van der Waals surface area contributed by atoms with Gasteiger partial charge in [0.1, 0.15) is 13.1 Å². The predicted octanol–water partition coefficient (Wildman–Crippen LogP) is -1.04. The Hall–Kier alpha value is -0.220. The minimum atomic E-state index is -1.24. The van der Waals surface area contributed by atoms with Gasteiger partial charge in [-0.25, -0.2) is 0 Å². The fraction of sp³-hybridized carbons (Fsp3) is 0.840. The second-order valence-electron chi connectivity index (χ2n) is 10.3. The SMILES string of the molecule is C.C.C.CCC(O)CC(CC(C)(C)C(=O)NC[N+](C)(C)CC(O)C[N+](C)(C)C)C(=O)[O-].[CH3-].[CH3-].[Na+]. The van der Waals surface area contributed by atoms with Crippen LogP contribution >= 0.6 is 0 Å². The van der Waals surface area contributed by atoms with Crippen molar-refractivity contribution in [2.75, 3.05) is 55.0 Å². The van der Waals surface area contributed by atoms with Crippen LogP contribution in [0.25, 0.3) is 0 Å². The molecule has 0 radical (unpaired) electrons. The van der Waals surface area contributed by atoms with E-state index < -0.39 is 29.5 Å². The fourth-order valence-corrected chi connectivity index (χ4v) is 3.32. The van der Waals surface area contributed by atoms with Crippen LogP contribution in [-0.2, 0) is 9.59 Å². The van der Waals surface area contributed by atoms with Crippen LogP contribution in [0.4, 0.5) is 0 Å². The number of aliphatic hydroxyl groups excluding tert-OH is 2. The largest absolute Gasteiger partial charge is 1.00 e. The van der Waals surface area contributed by atoms with Crippen molar-refractivity contribution in [1.29, 1.82) is 0 Å². The Labute approximate surface area is 235 Å². The number of hydrogen-bond acceptors (Lipinski definition) is 5. The molecule has 1 amide bonds. The summed E-state index contributed by atoms with van der Waals surface area (Å²) in [6, 6.07) is 0. The number of carbonyl (C=O) groups is 2. The van der Waals surface area contributed by atoms with E-state index in [0.29, 0.717) is 35.1 Å². The summed E-state index contributed by atoms with van der Waals surface area (Å²) in [6.45, 7) is 6.59. The van der Waals surface area contributed by atoms with Gasteiger partial charge in [0.2, 0.25) is 5.91 Å². The van der Waals surface area contributed by atoms with E-state index in [9.17, 15) is 24.9 Å². The van der Waals surface area contributed by atoms with Crippen molar-refractivity contribution in [2.24, 2.45) is 11.3 Å². The third-order valence-electron chi connectivity index (χ3n) is 4.86. The number of nitrogens with zero attached hydrogens (tertiary/aromatic N) is 2. The molecule has 0 aromatic rings. The molecule has 0 fully saturated rings. The summed E-state index contributed by atoms with van der Waals surface area (Å²) >= 11 is 0. The van der Waals surface area contributed by atoms with E-state index >= 15 is 0 Å². The van der Waals surface area contributed by atoms with Gasteiger partial charge < -0.3 is 49.3 Å². The molecule has 0 aromatic carbocycles. The molecule has 0 heterocycles. The van der Waals surface area contributed by atoms with Crippen molar-refractivity contribution < 1.29 is 63.4 Å². The molecule has 0 aliphatic carbocycles. The van der Waals surface area contributed by atoms with E-state index in [-0.39, 0.29) is 85.4 Å². The van der Waals surface area contributed by atoms with Crippen molar-refractivity contribution in [3.63, 3.8) is 0 Å². The number of aliphatic carboxylic acids is 1. The second-order valence-corrected chi connectivity index (χ2v) is 10.3. The van der Waals surface area contributed by atoms with Gasteiger partial charge in [0, 0.05) is 17.3 Å². The van der Waals surface area contributed by atoms with Gasteiger partial charge in [-0.2, -0.15) is 0 Å². The van der Waals surface area contributed by atoms with E-state index in [2.05, 4.69) is 5.32 Å². The third-order valence-corrected chi connectivity index (χ3v) is 4.86. The molecule has 0 saturated carbocycles. The van der Waals surface area contributed by atoms with Crippen molar-refractivity contribution in [1.82, 2.24) is 5.32 Å². The molecule has 0 saturated heterocycles. The zero-order chi connectivity index (χ0) is 22.3. The number of quaternary nitrogens is 2. The number of rotatable bonds is 13. The first-order valence-electron chi connectivity index (χ1n) is 9.97. The van der Waals surface area contributed by atoms with Crippen LogP contribution in [0.1, 0.15) is 62.3 Å². The molecule has 0 aromatic heterocycles. The van der Waals surface area contributed by atoms with E-state index in [1.54, 1.807) is 20.8 Å². The van der Waals surface area contributed by atoms with Gasteiger partial charge in [-0.3, -0.25) is 4.79 Å². The topological polar surface area (TPSA) is 110 Å². The van der Waals surface area contributed by atoms with Crippen LogP contribution < -0.4 is 40.0 Å². The normalized spacial score (nSPS) is 13.5. The van der Waals surface area contributed by atoms with Crippen LogP contribution in [0.5, 0.6) is 0 Å². The average Bonchev–Trinajstić information content (AvgIpc) is 2.48. The summed E-state index contributed by atoms with van der Waals surface area (Å²) in [5, 5.41) is 34.4. The molecular weight excluding hydrogens is 445 g/mol. The minimum Gasteiger partial charge on any atom is -0.550 e. The second kappa shape index (κ2) is 20.9. The molecule has 3 N–H and O–H groups in total. The standard InChI is InChI=1S/C20H41N3O5.3CH4.2CH3.Na/c1-9-16(24)10-15(18(26)27)11-20(2,3)19(28)21-14-23(7,8)13-17(25)12-22(4,5)6;;;;;;/h15-17,24-25H,9-14H2,1-8H3;3*1H4;2*1H3;/q;;;;2*-1;+1/p+1. The number of aliphatic hydroxyl groups is 2. The summed E-state index contributed by atoms with van der Waals surface area (Å²) in [6.07, 6.45) is -0.597. The maximum atomic E-state index is 12.7. The van der Waals surface area contributed by atoms with E-state index in [4.69, 9.17) is 0 Å². The monoisotopic (exact) mass is 505 g/mol. The smallest absolute Gasteiger partial charge is 0.550 e. The number of carboxylic acids is 1. The van der Waals surface area contributed by atoms with Crippen molar-refractivity contribution in [3.05, 3.63) is 14.9 Å². The molecule has 9 heteroatoms. The minimum absolute atomic E-state index is 0. The molecular formula is C25H60N3NaO5. The summed E-state index contributed by atoms with van der Waals surface area (Å²) in [5.74, 6) is -2.38. The molecule has 34 heavy (non-hydrogen) atoms. The van der Waals surface area contributed by atoms with Crippen molar-refractivity contribution in [3.8, 4) is 0 Å². The van der Waals surface area contributed by atoms with Gasteiger partial charge >= 0.3 is 29.6 Å². The molecule has 206 valence electrons. The van der Waals surface area contributed by atoms with Crippen LogP contribution in [0, 0.1) is 26.2 Å². The van der Waals surface area contributed by atoms with Gasteiger partial charge in [0.05, 0.1) is 41.3 Å². The van der Waals surface area contributed by atoms with Crippen molar-refractivity contribution in [2.45, 2.75) is 74.5 Å². The average molecular weight is 506 g/mol. The maximum Gasteiger partial charge on any atom is 1.00 e. The molecule has 8 nitrogen and oxygen atoms in total. The van der Waals surface area contributed by atoms with Gasteiger partial charge in [0.15, 0.2) is 12.8 Å². The molecule has 0 bridgehead atoms. The summed E-state index contributed by atoms with van der Waals surface area (Å²) < 4.78 is 1.05. The van der Waals surface area contributed by atoms with Crippen LogP contribution in [0.3, 0.4) is 0 Å². The molecule has 3 unspecified atom stereocenters. The number of likely N-dealkylation sites (N-methyl/N-ethyl adjacent to an activating group) is 2. The zero-order valence-electron chi connectivity index (χ0n) is 22.0. The Bertz CT molecular complexity index is 523. The Morgan fingerprint density at radius 1 is 0.941 bits per heavy atom. The van der Waals surface area contributed by atoms with E-state index in [1.165, 1.54) is 0 Å². The van der Waals surface area contributed by atoms with Crippen LogP contribution in [-0.4, -0.2) is 98.3 Å². The summed E-state index contributed by atoms with van der Waals surface area (Å²) in [7, 11) is 9.88. The van der Waals surface area contributed by atoms with Gasteiger partial charge in [0.25, 0.3) is 0 Å². The van der Waals surface area contributed by atoms with Gasteiger partial charge in [-0.05, 0) is 19.3 Å². The number of amides is 1. The summed E-state index contributed by atoms with van der Waals surface area (Å²) in [4.78, 5) is 24.1. The first kappa shape index (κ1) is 50.6. The van der Waals surface area contributed by atoms with E-state index in [1.807, 2.05) is 35.2 Å². The Kier molecular flexibility index (Phi) is 31.1. The number of carbonyl (C=O) groups excluding carboxylic acids is 2. The quantitative estimate of drug-likeness (QED) is 0.128. The van der Waals surface area contributed by atoms with Gasteiger partial charge in [-0.1, -0.05) is 43.1 Å². The Morgan fingerprint density at radius 2 is 1.38 bits per heavy atom. The Morgan fingerprint density at radius 3 is 1.74 bits per heavy atom. The molecule has 0 rings (SSSR count). The molecule has 0 aliphatic heterocycles. The molecule has 0 spiro atoms. The Balaban J connectivity index is -0.000000243. The van der Waals surface area contributed by atoms with E-state index in [0.717, 1.165) is 0 Å².